The molecule has 0 aromatic carbocycles. The lowest BCUT2D eigenvalue weighted by Crippen LogP contribution is -2.33. The molecule has 0 bridgehead atoms. The first-order valence-electron chi connectivity index (χ1n) is 5.11. The lowest BCUT2D eigenvalue weighted by atomic mass is 10.1. The van der Waals surface area contributed by atoms with E-state index in [-0.39, 0.29) is 24.8 Å². The fourth-order valence-corrected chi connectivity index (χ4v) is 1.15. The topological polar surface area (TPSA) is 104 Å². The molecule has 0 radical (unpaired) electrons. The Kier molecular flexibility index (Phi) is 4.86. The van der Waals surface area contributed by atoms with Crippen LogP contribution in [0.3, 0.4) is 0 Å². The SMILES string of the molecule is CC(CNC(=O)Nc1ncccn1)CC(=O)O. The number of anilines is 1. The highest BCUT2D eigenvalue weighted by Gasteiger charge is 2.09. The Hall–Kier alpha value is -2.18. The molecule has 1 heterocycles. The number of hydrogen-bond acceptors (Lipinski definition) is 4. The highest BCUT2D eigenvalue weighted by Crippen LogP contribution is 1.99. The molecule has 0 aliphatic heterocycles. The molecular weight excluding hydrogens is 224 g/mol. The fourth-order valence-electron chi connectivity index (χ4n) is 1.15. The van der Waals surface area contributed by atoms with E-state index in [9.17, 15) is 9.59 Å². The van der Waals surface area contributed by atoms with E-state index < -0.39 is 12.0 Å². The zero-order valence-corrected chi connectivity index (χ0v) is 9.38. The lowest BCUT2D eigenvalue weighted by molar-refractivity contribution is -0.137. The maximum atomic E-state index is 11.4. The van der Waals surface area contributed by atoms with Crippen molar-refractivity contribution in [3.8, 4) is 0 Å². The maximum Gasteiger partial charge on any atom is 0.321 e. The zero-order valence-electron chi connectivity index (χ0n) is 9.38. The predicted molar refractivity (Wildman–Crippen MR) is 60.5 cm³/mol. The summed E-state index contributed by atoms with van der Waals surface area (Å²) in [6.45, 7) is 2.03. The van der Waals surface area contributed by atoms with Crippen molar-refractivity contribution >= 4 is 17.9 Å². The van der Waals surface area contributed by atoms with E-state index >= 15 is 0 Å². The van der Waals surface area contributed by atoms with Crippen LogP contribution in [0.15, 0.2) is 18.5 Å². The normalized spacial score (nSPS) is 11.6. The van der Waals surface area contributed by atoms with Crippen LogP contribution in [0, 0.1) is 5.92 Å². The minimum absolute atomic E-state index is 0.0160. The number of nitrogens with one attached hydrogen (secondary N) is 2. The summed E-state index contributed by atoms with van der Waals surface area (Å²) in [5, 5.41) is 13.5. The molecule has 17 heavy (non-hydrogen) atoms. The zero-order chi connectivity index (χ0) is 12.7. The Morgan fingerprint density at radius 1 is 1.41 bits per heavy atom. The Morgan fingerprint density at radius 3 is 2.65 bits per heavy atom. The Labute approximate surface area is 98.3 Å². The number of hydrogen-bond donors (Lipinski definition) is 3. The van der Waals surface area contributed by atoms with Gasteiger partial charge in [0.1, 0.15) is 0 Å². The number of nitrogens with zero attached hydrogens (tertiary/aromatic N) is 2. The highest BCUT2D eigenvalue weighted by molar-refractivity contribution is 5.87. The van der Waals surface area contributed by atoms with Gasteiger partial charge < -0.3 is 10.4 Å². The molecule has 2 amide bonds. The first kappa shape index (κ1) is 12.9. The van der Waals surface area contributed by atoms with E-state index in [0.717, 1.165) is 0 Å². The lowest BCUT2D eigenvalue weighted by Gasteiger charge is -2.10. The minimum atomic E-state index is -0.883. The summed E-state index contributed by atoms with van der Waals surface area (Å²) < 4.78 is 0. The summed E-state index contributed by atoms with van der Waals surface area (Å²) >= 11 is 0. The molecule has 1 aromatic rings. The maximum absolute atomic E-state index is 11.4. The molecule has 0 fully saturated rings. The standard InChI is InChI=1S/C10H14N4O3/c1-7(5-8(15)16)6-13-10(17)14-9-11-3-2-4-12-9/h2-4,7H,5-6H2,1H3,(H,15,16)(H2,11,12,13,14,17). The molecule has 7 nitrogen and oxygen atoms in total. The van der Waals surface area contributed by atoms with Crippen LogP contribution in [0.5, 0.6) is 0 Å². The van der Waals surface area contributed by atoms with Gasteiger partial charge in [0.05, 0.1) is 0 Å². The van der Waals surface area contributed by atoms with E-state index in [1.807, 2.05) is 0 Å². The number of carboxylic acid groups (broad SMARTS) is 1. The van der Waals surface area contributed by atoms with Crippen LogP contribution in [-0.2, 0) is 4.79 Å². The molecular formula is C10H14N4O3. The third-order valence-corrected chi connectivity index (χ3v) is 1.93. The fraction of sp³-hybridized carbons (Fsp3) is 0.400. The first-order valence-corrected chi connectivity index (χ1v) is 5.11. The van der Waals surface area contributed by atoms with Crippen molar-refractivity contribution in [2.75, 3.05) is 11.9 Å². The Morgan fingerprint density at radius 2 is 2.06 bits per heavy atom. The summed E-state index contributed by atoms with van der Waals surface area (Å²) in [5.74, 6) is -0.808. The van der Waals surface area contributed by atoms with Gasteiger partial charge in [-0.3, -0.25) is 10.1 Å². The molecule has 92 valence electrons. The molecule has 1 atom stereocenters. The Balaban J connectivity index is 2.28. The molecule has 0 saturated carbocycles. The van der Waals surface area contributed by atoms with Crippen molar-refractivity contribution in [1.82, 2.24) is 15.3 Å². The molecule has 1 rings (SSSR count). The van der Waals surface area contributed by atoms with Gasteiger partial charge in [0.2, 0.25) is 5.95 Å². The summed E-state index contributed by atoms with van der Waals surface area (Å²) in [6, 6.07) is 1.19. The number of rotatable bonds is 5. The van der Waals surface area contributed by atoms with Crippen molar-refractivity contribution in [2.24, 2.45) is 5.92 Å². The number of carbonyl (C=O) groups excluding carboxylic acids is 1. The molecule has 1 aromatic heterocycles. The van der Waals surface area contributed by atoms with Crippen LogP contribution in [0.4, 0.5) is 10.7 Å². The molecule has 0 aliphatic carbocycles. The third kappa shape index (κ3) is 5.45. The predicted octanol–water partition coefficient (Wildman–Crippen LogP) is 0.709. The van der Waals surface area contributed by atoms with Crippen molar-refractivity contribution < 1.29 is 14.7 Å². The number of amides is 2. The number of urea groups is 1. The smallest absolute Gasteiger partial charge is 0.321 e. The summed E-state index contributed by atoms with van der Waals surface area (Å²) in [5.41, 5.74) is 0. The van der Waals surface area contributed by atoms with Crippen LogP contribution in [0.1, 0.15) is 13.3 Å². The quantitative estimate of drug-likeness (QED) is 0.700. The van der Waals surface area contributed by atoms with Gasteiger partial charge in [-0.1, -0.05) is 6.92 Å². The molecule has 0 spiro atoms. The Bertz CT molecular complexity index is 382. The second kappa shape index (κ2) is 6.41. The van der Waals surface area contributed by atoms with E-state index in [1.165, 1.54) is 12.4 Å². The van der Waals surface area contributed by atoms with Crippen molar-refractivity contribution in [3.63, 3.8) is 0 Å². The van der Waals surface area contributed by atoms with Crippen LogP contribution < -0.4 is 10.6 Å². The summed E-state index contributed by atoms with van der Waals surface area (Å²) in [6.07, 6.45) is 3.04. The van der Waals surface area contributed by atoms with E-state index in [0.29, 0.717) is 0 Å². The number of carbonyl (C=O) groups is 2. The third-order valence-electron chi connectivity index (χ3n) is 1.93. The molecule has 0 aliphatic rings. The van der Waals surface area contributed by atoms with Crippen LogP contribution in [-0.4, -0.2) is 33.6 Å². The number of carboxylic acids is 1. The van der Waals surface area contributed by atoms with Crippen molar-refractivity contribution in [1.29, 1.82) is 0 Å². The van der Waals surface area contributed by atoms with Crippen molar-refractivity contribution in [2.45, 2.75) is 13.3 Å². The van der Waals surface area contributed by atoms with Gasteiger partial charge in [0.15, 0.2) is 0 Å². The van der Waals surface area contributed by atoms with Gasteiger partial charge >= 0.3 is 12.0 Å². The van der Waals surface area contributed by atoms with E-state index in [4.69, 9.17) is 5.11 Å². The molecule has 7 heteroatoms. The van der Waals surface area contributed by atoms with Crippen LogP contribution in [0.25, 0.3) is 0 Å². The van der Waals surface area contributed by atoms with Gasteiger partial charge in [-0.05, 0) is 12.0 Å². The first-order chi connectivity index (χ1) is 8.08. The van der Waals surface area contributed by atoms with E-state index in [2.05, 4.69) is 20.6 Å². The van der Waals surface area contributed by atoms with Gasteiger partial charge in [0.25, 0.3) is 0 Å². The summed E-state index contributed by atoms with van der Waals surface area (Å²) in [7, 11) is 0. The monoisotopic (exact) mass is 238 g/mol. The second-order valence-electron chi connectivity index (χ2n) is 3.61. The minimum Gasteiger partial charge on any atom is -0.481 e. The highest BCUT2D eigenvalue weighted by atomic mass is 16.4. The number of aliphatic carboxylic acids is 1. The van der Waals surface area contributed by atoms with Crippen LogP contribution in [0.2, 0.25) is 0 Å². The van der Waals surface area contributed by atoms with Crippen molar-refractivity contribution in [3.05, 3.63) is 18.5 Å². The molecule has 1 unspecified atom stereocenters. The van der Waals surface area contributed by atoms with E-state index in [1.54, 1.807) is 13.0 Å². The average molecular weight is 238 g/mol. The largest absolute Gasteiger partial charge is 0.481 e. The summed E-state index contributed by atoms with van der Waals surface area (Å²) in [4.78, 5) is 29.4. The van der Waals surface area contributed by atoms with Gasteiger partial charge in [-0.15, -0.1) is 0 Å². The number of aromatic nitrogens is 2. The van der Waals surface area contributed by atoms with Gasteiger partial charge in [0, 0.05) is 25.4 Å². The second-order valence-corrected chi connectivity index (χ2v) is 3.61. The van der Waals surface area contributed by atoms with Crippen LogP contribution >= 0.6 is 0 Å². The molecule has 0 saturated heterocycles. The van der Waals surface area contributed by atoms with Gasteiger partial charge in [-0.2, -0.15) is 0 Å². The van der Waals surface area contributed by atoms with Gasteiger partial charge in [-0.25, -0.2) is 14.8 Å². The average Bonchev–Trinajstić information content (AvgIpc) is 2.27. The molecule has 3 N–H and O–H groups in total.